The molecule has 3 rings (SSSR count). The summed E-state index contributed by atoms with van der Waals surface area (Å²) in [6.45, 7) is 0. The van der Waals surface area contributed by atoms with Crippen LogP contribution in [0.15, 0.2) is 91.0 Å². The van der Waals surface area contributed by atoms with Gasteiger partial charge in [0.25, 0.3) is 0 Å². The summed E-state index contributed by atoms with van der Waals surface area (Å²) in [6, 6.07) is 27.6. The molecule has 0 atom stereocenters. The summed E-state index contributed by atoms with van der Waals surface area (Å²) in [5, 5.41) is 0. The molecule has 0 bridgehead atoms. The van der Waals surface area contributed by atoms with Crippen molar-refractivity contribution in [2.45, 2.75) is 0 Å². The van der Waals surface area contributed by atoms with Crippen molar-refractivity contribution in [3.63, 3.8) is 0 Å². The first kappa shape index (κ1) is 15.7. The topological polar surface area (TPSA) is 17.1 Å². The van der Waals surface area contributed by atoms with Gasteiger partial charge in [-0.2, -0.15) is 0 Å². The molecule has 0 aliphatic heterocycles. The summed E-state index contributed by atoms with van der Waals surface area (Å²) in [5.74, 6) is 0.0173. The Morgan fingerprint density at radius 2 is 1.00 bits per heavy atom. The number of allylic oxidation sites excluding steroid dienone is 1. The van der Waals surface area contributed by atoms with E-state index in [9.17, 15) is 4.79 Å². The number of benzene rings is 3. The van der Waals surface area contributed by atoms with Crippen LogP contribution >= 0.6 is 0 Å². The molecule has 0 spiro atoms. The van der Waals surface area contributed by atoms with E-state index in [1.165, 1.54) is 5.56 Å². The smallest absolute Gasteiger partial charge is 0.185 e. The first-order chi connectivity index (χ1) is 11.8. The molecule has 0 aromatic heterocycles. The summed E-state index contributed by atoms with van der Waals surface area (Å²) in [5.41, 5.74) is 4.02. The van der Waals surface area contributed by atoms with Crippen LogP contribution in [-0.2, 0) is 0 Å². The van der Waals surface area contributed by atoms with E-state index in [4.69, 9.17) is 0 Å². The van der Waals surface area contributed by atoms with Gasteiger partial charge in [0.1, 0.15) is 0 Å². The molecule has 116 valence electrons. The number of ketones is 1. The molecule has 3 aromatic rings. The van der Waals surface area contributed by atoms with Crippen LogP contribution in [0.3, 0.4) is 0 Å². The molecule has 0 fully saturated rings. The second-order valence-electron chi connectivity index (χ2n) is 5.47. The summed E-state index contributed by atoms with van der Waals surface area (Å²) in [4.78, 5) is 12.0. The summed E-state index contributed by atoms with van der Waals surface area (Å²) in [6.07, 6.45) is 7.63. The van der Waals surface area contributed by atoms with Crippen LogP contribution < -0.4 is 0 Å². The normalized spacial score (nSPS) is 11.2. The van der Waals surface area contributed by atoms with Gasteiger partial charge in [-0.1, -0.05) is 103 Å². The Morgan fingerprint density at radius 3 is 1.58 bits per heavy atom. The van der Waals surface area contributed by atoms with E-state index in [1.807, 2.05) is 78.9 Å². The van der Waals surface area contributed by atoms with Crippen molar-refractivity contribution in [2.24, 2.45) is 0 Å². The zero-order chi connectivity index (χ0) is 16.6. The quantitative estimate of drug-likeness (QED) is 0.333. The first-order valence-electron chi connectivity index (χ1n) is 7.92. The fraction of sp³-hybridized carbons (Fsp3) is 0. The molecule has 0 amide bonds. The van der Waals surface area contributed by atoms with E-state index in [-0.39, 0.29) is 5.78 Å². The SMILES string of the molecule is O=C(/C=C/c1ccc(/C=C/c2ccccc2)cc1)c1ccccc1. The molecule has 0 unspecified atom stereocenters. The van der Waals surface area contributed by atoms with Crippen LogP contribution in [0.2, 0.25) is 0 Å². The maximum absolute atomic E-state index is 12.0. The van der Waals surface area contributed by atoms with E-state index in [0.29, 0.717) is 5.56 Å². The fourth-order valence-electron chi connectivity index (χ4n) is 2.35. The van der Waals surface area contributed by atoms with Gasteiger partial charge in [0.15, 0.2) is 5.78 Å². The molecule has 3 aromatic carbocycles. The highest BCUT2D eigenvalue weighted by atomic mass is 16.1. The van der Waals surface area contributed by atoms with Gasteiger partial charge in [0.2, 0.25) is 0 Å². The number of rotatable bonds is 5. The van der Waals surface area contributed by atoms with Gasteiger partial charge in [0.05, 0.1) is 0 Å². The largest absolute Gasteiger partial charge is 0.289 e. The van der Waals surface area contributed by atoms with Crippen molar-refractivity contribution in [3.05, 3.63) is 113 Å². The molecule has 1 heteroatoms. The maximum atomic E-state index is 12.0. The molecular formula is C23H18O. The van der Waals surface area contributed by atoms with E-state index < -0.39 is 0 Å². The number of hydrogen-bond acceptors (Lipinski definition) is 1. The van der Waals surface area contributed by atoms with Crippen molar-refractivity contribution in [1.29, 1.82) is 0 Å². The Kier molecular flexibility index (Phi) is 5.16. The molecule has 0 radical (unpaired) electrons. The van der Waals surface area contributed by atoms with Crippen molar-refractivity contribution < 1.29 is 4.79 Å². The minimum atomic E-state index is 0.0173. The summed E-state index contributed by atoms with van der Waals surface area (Å²) >= 11 is 0. The lowest BCUT2D eigenvalue weighted by atomic mass is 10.1. The maximum Gasteiger partial charge on any atom is 0.185 e. The van der Waals surface area contributed by atoms with Crippen LogP contribution in [0.5, 0.6) is 0 Å². The molecule has 0 N–H and O–H groups in total. The summed E-state index contributed by atoms with van der Waals surface area (Å²) < 4.78 is 0. The highest BCUT2D eigenvalue weighted by molar-refractivity contribution is 6.06. The van der Waals surface area contributed by atoms with E-state index in [2.05, 4.69) is 24.3 Å². The molecule has 0 aliphatic carbocycles. The zero-order valence-electron chi connectivity index (χ0n) is 13.3. The highest BCUT2D eigenvalue weighted by Gasteiger charge is 1.99. The van der Waals surface area contributed by atoms with Crippen molar-refractivity contribution >= 4 is 24.0 Å². The third-order valence-electron chi connectivity index (χ3n) is 3.69. The van der Waals surface area contributed by atoms with Gasteiger partial charge >= 0.3 is 0 Å². The highest BCUT2D eigenvalue weighted by Crippen LogP contribution is 2.11. The Morgan fingerprint density at radius 1 is 0.542 bits per heavy atom. The van der Waals surface area contributed by atoms with Gasteiger partial charge in [-0.3, -0.25) is 4.79 Å². The lowest BCUT2D eigenvalue weighted by Crippen LogP contribution is -1.92. The molecule has 0 heterocycles. The van der Waals surface area contributed by atoms with E-state index in [0.717, 1.165) is 11.1 Å². The third-order valence-corrected chi connectivity index (χ3v) is 3.69. The van der Waals surface area contributed by atoms with Crippen molar-refractivity contribution in [1.82, 2.24) is 0 Å². The van der Waals surface area contributed by atoms with Crippen LogP contribution in [0.4, 0.5) is 0 Å². The van der Waals surface area contributed by atoms with Gasteiger partial charge in [-0.15, -0.1) is 0 Å². The molecule has 0 saturated heterocycles. The van der Waals surface area contributed by atoms with Crippen molar-refractivity contribution in [2.75, 3.05) is 0 Å². The van der Waals surface area contributed by atoms with Gasteiger partial charge in [-0.25, -0.2) is 0 Å². The Balaban J connectivity index is 1.65. The lowest BCUT2D eigenvalue weighted by Gasteiger charge is -1.97. The number of carbonyl (C=O) groups is 1. The Labute approximate surface area is 142 Å². The Hall–Kier alpha value is -3.19. The van der Waals surface area contributed by atoms with Gasteiger partial charge < -0.3 is 0 Å². The molecular weight excluding hydrogens is 292 g/mol. The van der Waals surface area contributed by atoms with Crippen LogP contribution in [0.25, 0.3) is 18.2 Å². The van der Waals surface area contributed by atoms with Crippen LogP contribution in [-0.4, -0.2) is 5.78 Å². The Bertz CT molecular complexity index is 842. The molecule has 0 saturated carbocycles. The predicted molar refractivity (Wildman–Crippen MR) is 102 cm³/mol. The zero-order valence-corrected chi connectivity index (χ0v) is 13.3. The second kappa shape index (κ2) is 7.89. The van der Waals surface area contributed by atoms with Crippen LogP contribution in [0, 0.1) is 0 Å². The average molecular weight is 310 g/mol. The minimum Gasteiger partial charge on any atom is -0.289 e. The number of hydrogen-bond donors (Lipinski definition) is 0. The third kappa shape index (κ3) is 4.40. The average Bonchev–Trinajstić information content (AvgIpc) is 2.67. The van der Waals surface area contributed by atoms with E-state index in [1.54, 1.807) is 6.08 Å². The summed E-state index contributed by atoms with van der Waals surface area (Å²) in [7, 11) is 0. The minimum absolute atomic E-state index is 0.0173. The van der Waals surface area contributed by atoms with Crippen molar-refractivity contribution in [3.8, 4) is 0 Å². The molecule has 24 heavy (non-hydrogen) atoms. The van der Waals surface area contributed by atoms with E-state index >= 15 is 0 Å². The fourth-order valence-corrected chi connectivity index (χ4v) is 2.35. The number of carbonyl (C=O) groups excluding carboxylic acids is 1. The van der Waals surface area contributed by atoms with Crippen LogP contribution in [0.1, 0.15) is 27.0 Å². The standard InChI is InChI=1S/C23H18O/c24-23(22-9-5-2-6-10-22)18-17-21-15-13-20(14-16-21)12-11-19-7-3-1-4-8-19/h1-18H/b12-11+,18-17+. The van der Waals surface area contributed by atoms with Gasteiger partial charge in [0, 0.05) is 5.56 Å². The molecule has 0 aliphatic rings. The monoisotopic (exact) mass is 310 g/mol. The second-order valence-corrected chi connectivity index (χ2v) is 5.47. The molecule has 1 nitrogen and oxygen atoms in total. The lowest BCUT2D eigenvalue weighted by molar-refractivity contribution is 0.104. The predicted octanol–water partition coefficient (Wildman–Crippen LogP) is 5.75. The van der Waals surface area contributed by atoms with Gasteiger partial charge in [-0.05, 0) is 22.8 Å². The first-order valence-corrected chi connectivity index (χ1v) is 7.92.